The highest BCUT2D eigenvalue weighted by atomic mass is 19.3. The van der Waals surface area contributed by atoms with Gasteiger partial charge in [0.15, 0.2) is 5.82 Å². The second-order valence-electron chi connectivity index (χ2n) is 4.96. The molecular formula is C14H17F2N7O. The third-order valence-electron chi connectivity index (χ3n) is 2.86. The second-order valence-corrected chi connectivity index (χ2v) is 4.96. The van der Waals surface area contributed by atoms with E-state index in [1.54, 1.807) is 25.4 Å². The van der Waals surface area contributed by atoms with Gasteiger partial charge in [-0.05, 0) is 18.6 Å². The molecule has 0 unspecified atom stereocenters. The molecule has 0 aliphatic heterocycles. The lowest BCUT2D eigenvalue weighted by atomic mass is 10.2. The van der Waals surface area contributed by atoms with Crippen molar-refractivity contribution in [2.24, 2.45) is 7.05 Å². The van der Waals surface area contributed by atoms with Crippen LogP contribution in [0, 0.1) is 0 Å². The molecule has 2 N–H and O–H groups in total. The molecule has 3 aromatic heterocycles. The predicted octanol–water partition coefficient (Wildman–Crippen LogP) is 2.20. The highest BCUT2D eigenvalue weighted by molar-refractivity contribution is 5.52. The van der Waals surface area contributed by atoms with Crippen molar-refractivity contribution in [2.75, 3.05) is 5.73 Å². The largest absolute Gasteiger partial charge is 0.381 e. The summed E-state index contributed by atoms with van der Waals surface area (Å²) in [5.41, 5.74) is 6.66. The van der Waals surface area contributed by atoms with Gasteiger partial charge in [0.25, 0.3) is 5.89 Å². The smallest absolute Gasteiger partial charge is 0.322 e. The van der Waals surface area contributed by atoms with E-state index in [9.17, 15) is 8.78 Å². The van der Waals surface area contributed by atoms with Crippen molar-refractivity contribution in [3.63, 3.8) is 0 Å². The van der Waals surface area contributed by atoms with Gasteiger partial charge in [-0.3, -0.25) is 4.98 Å². The summed E-state index contributed by atoms with van der Waals surface area (Å²) < 4.78 is 30.3. The van der Waals surface area contributed by atoms with Gasteiger partial charge < -0.3 is 10.3 Å². The molecule has 0 amide bonds. The number of hydrogen-bond donors (Lipinski definition) is 1. The van der Waals surface area contributed by atoms with E-state index in [4.69, 9.17) is 5.73 Å². The van der Waals surface area contributed by atoms with Gasteiger partial charge in [-0.1, -0.05) is 12.1 Å². The zero-order valence-corrected chi connectivity index (χ0v) is 13.4. The summed E-state index contributed by atoms with van der Waals surface area (Å²) in [5, 5.41) is 10.9. The Morgan fingerprint density at radius 2 is 2.04 bits per heavy atom. The molecule has 0 atom stereocenters. The van der Waals surface area contributed by atoms with E-state index in [2.05, 4.69) is 29.8 Å². The van der Waals surface area contributed by atoms with Crippen LogP contribution in [0.4, 0.5) is 14.6 Å². The lowest BCUT2D eigenvalue weighted by Crippen LogP contribution is -2.07. The number of hydrogen-bond acceptors (Lipinski definition) is 7. The van der Waals surface area contributed by atoms with Crippen LogP contribution in [-0.4, -0.2) is 30.1 Å². The molecule has 0 aliphatic rings. The summed E-state index contributed by atoms with van der Waals surface area (Å²) in [5.74, 6) is -3.23. The maximum Gasteiger partial charge on any atom is 0.322 e. The SMILES string of the molecule is CCc1ccc(-c2noc(C(C)(F)F)n2)cn1.Cn1ncc(N)n1. The molecule has 10 heteroatoms. The number of nitrogens with two attached hydrogens (primary N) is 1. The molecule has 3 rings (SSSR count). The molecule has 0 spiro atoms. The molecule has 0 radical (unpaired) electrons. The Labute approximate surface area is 136 Å². The molecule has 0 saturated heterocycles. The number of anilines is 1. The Morgan fingerprint density at radius 1 is 1.29 bits per heavy atom. The summed E-state index contributed by atoms with van der Waals surface area (Å²) in [6, 6.07) is 3.53. The summed E-state index contributed by atoms with van der Waals surface area (Å²) in [4.78, 5) is 9.19. The van der Waals surface area contributed by atoms with Gasteiger partial charge >= 0.3 is 5.92 Å². The van der Waals surface area contributed by atoms with Crippen LogP contribution in [0.1, 0.15) is 25.4 Å². The first-order valence-corrected chi connectivity index (χ1v) is 7.08. The minimum atomic E-state index is -3.12. The molecule has 3 aromatic rings. The van der Waals surface area contributed by atoms with Crippen molar-refractivity contribution < 1.29 is 13.3 Å². The van der Waals surface area contributed by atoms with E-state index in [1.807, 2.05) is 6.92 Å². The van der Waals surface area contributed by atoms with Gasteiger partial charge in [-0.15, -0.1) is 5.10 Å². The fourth-order valence-electron chi connectivity index (χ4n) is 1.65. The monoisotopic (exact) mass is 337 g/mol. The molecule has 128 valence electrons. The van der Waals surface area contributed by atoms with Crippen molar-refractivity contribution >= 4 is 5.82 Å². The summed E-state index contributed by atoms with van der Waals surface area (Å²) in [6.07, 6.45) is 3.85. The molecule has 0 saturated carbocycles. The number of alkyl halides is 2. The Balaban J connectivity index is 0.000000249. The zero-order valence-electron chi connectivity index (χ0n) is 13.4. The average molecular weight is 337 g/mol. The number of nitrogens with zero attached hydrogens (tertiary/aromatic N) is 6. The minimum Gasteiger partial charge on any atom is -0.381 e. The lowest BCUT2D eigenvalue weighted by Gasteiger charge is -2.01. The van der Waals surface area contributed by atoms with Crippen molar-refractivity contribution in [3.05, 3.63) is 36.1 Å². The minimum absolute atomic E-state index is 0.122. The maximum atomic E-state index is 12.9. The van der Waals surface area contributed by atoms with Crippen LogP contribution >= 0.6 is 0 Å². The number of halogens is 2. The van der Waals surface area contributed by atoms with Crippen molar-refractivity contribution in [2.45, 2.75) is 26.2 Å². The summed E-state index contributed by atoms with van der Waals surface area (Å²) >= 11 is 0. The Hall–Kier alpha value is -2.91. The standard InChI is InChI=1S/C11H11F2N3O.C3H6N4/c1-3-8-5-4-7(6-14-8)9-15-10(17-16-9)11(2,12)13;1-7-5-2-3(4)6-7/h4-6H,3H2,1-2H3;2H,1H3,(H2,4,6). The molecule has 24 heavy (non-hydrogen) atoms. The van der Waals surface area contributed by atoms with Crippen molar-refractivity contribution in [3.8, 4) is 11.4 Å². The highest BCUT2D eigenvalue weighted by Crippen LogP contribution is 2.27. The fourth-order valence-corrected chi connectivity index (χ4v) is 1.65. The van der Waals surface area contributed by atoms with Crippen LogP contribution in [0.5, 0.6) is 0 Å². The molecule has 0 fully saturated rings. The highest BCUT2D eigenvalue weighted by Gasteiger charge is 2.32. The van der Waals surface area contributed by atoms with Gasteiger partial charge in [-0.2, -0.15) is 23.7 Å². The van der Waals surface area contributed by atoms with Gasteiger partial charge in [0.1, 0.15) is 0 Å². The van der Waals surface area contributed by atoms with Crippen LogP contribution < -0.4 is 5.73 Å². The Morgan fingerprint density at radius 3 is 2.42 bits per heavy atom. The predicted molar refractivity (Wildman–Crippen MR) is 81.9 cm³/mol. The number of rotatable bonds is 3. The fraction of sp³-hybridized carbons (Fsp3) is 0.357. The van der Waals surface area contributed by atoms with E-state index in [1.165, 1.54) is 11.0 Å². The third-order valence-corrected chi connectivity index (χ3v) is 2.86. The number of pyridine rings is 1. The third kappa shape index (κ3) is 4.54. The van der Waals surface area contributed by atoms with E-state index >= 15 is 0 Å². The summed E-state index contributed by atoms with van der Waals surface area (Å²) in [7, 11) is 1.72. The van der Waals surface area contributed by atoms with Crippen molar-refractivity contribution in [1.29, 1.82) is 0 Å². The van der Waals surface area contributed by atoms with Crippen LogP contribution in [0.15, 0.2) is 29.0 Å². The Kier molecular flexibility index (Phi) is 5.17. The van der Waals surface area contributed by atoms with Gasteiger partial charge in [0.05, 0.1) is 6.20 Å². The quantitative estimate of drug-likeness (QED) is 0.780. The normalized spacial score (nSPS) is 11.0. The maximum absolute atomic E-state index is 12.9. The Bertz CT molecular complexity index is 761. The van der Waals surface area contributed by atoms with E-state index in [0.29, 0.717) is 18.3 Å². The van der Waals surface area contributed by atoms with E-state index in [-0.39, 0.29) is 5.82 Å². The van der Waals surface area contributed by atoms with Crippen LogP contribution in [0.2, 0.25) is 0 Å². The lowest BCUT2D eigenvalue weighted by molar-refractivity contribution is -0.0158. The number of aryl methyl sites for hydroxylation is 2. The number of nitrogen functional groups attached to an aromatic ring is 1. The first-order valence-electron chi connectivity index (χ1n) is 7.08. The molecule has 8 nitrogen and oxygen atoms in total. The van der Waals surface area contributed by atoms with Gasteiger partial charge in [0, 0.05) is 31.4 Å². The zero-order chi connectivity index (χ0) is 17.7. The molecule has 0 aromatic carbocycles. The van der Waals surface area contributed by atoms with Crippen LogP contribution in [0.3, 0.4) is 0 Å². The topological polar surface area (TPSA) is 109 Å². The van der Waals surface area contributed by atoms with E-state index < -0.39 is 11.8 Å². The van der Waals surface area contributed by atoms with Gasteiger partial charge in [-0.25, -0.2) is 0 Å². The van der Waals surface area contributed by atoms with Crippen molar-refractivity contribution in [1.82, 2.24) is 30.1 Å². The molecular weight excluding hydrogens is 320 g/mol. The summed E-state index contributed by atoms with van der Waals surface area (Å²) in [6.45, 7) is 2.69. The molecule has 3 heterocycles. The van der Waals surface area contributed by atoms with E-state index in [0.717, 1.165) is 12.1 Å². The molecule has 0 bridgehead atoms. The van der Waals surface area contributed by atoms with Crippen LogP contribution in [-0.2, 0) is 19.4 Å². The number of aromatic nitrogens is 6. The van der Waals surface area contributed by atoms with Crippen LogP contribution in [0.25, 0.3) is 11.4 Å². The second kappa shape index (κ2) is 7.11. The van der Waals surface area contributed by atoms with Gasteiger partial charge in [0.2, 0.25) is 5.82 Å². The molecule has 0 aliphatic carbocycles. The first kappa shape index (κ1) is 17.4. The first-order chi connectivity index (χ1) is 11.3. The average Bonchev–Trinajstić information content (AvgIpc) is 3.17.